The predicted molar refractivity (Wildman–Crippen MR) is 94.7 cm³/mol. The maximum absolute atomic E-state index is 5.65. The number of methoxy groups -OCH3 is 1. The van der Waals surface area contributed by atoms with Crippen LogP contribution >= 0.6 is 27.3 Å². The Morgan fingerprint density at radius 1 is 1.19 bits per heavy atom. The van der Waals surface area contributed by atoms with Crippen LogP contribution in [0, 0.1) is 20.8 Å². The molecule has 0 saturated heterocycles. The van der Waals surface area contributed by atoms with E-state index in [9.17, 15) is 0 Å². The second-order valence-corrected chi connectivity index (χ2v) is 7.70. The molecule has 1 heterocycles. The Hall–Kier alpha value is -0.840. The Bertz CT molecular complexity index is 616. The summed E-state index contributed by atoms with van der Waals surface area (Å²) >= 11 is 5.42. The first-order valence-electron chi connectivity index (χ1n) is 7.12. The largest absolute Gasteiger partial charge is 0.496 e. The number of aryl methyl sites for hydroxylation is 3. The number of nitrogens with one attached hydrogen (secondary N) is 1. The number of rotatable bonds is 5. The van der Waals surface area contributed by atoms with Crippen molar-refractivity contribution in [3.05, 3.63) is 49.1 Å². The molecule has 0 aliphatic carbocycles. The highest BCUT2D eigenvalue weighted by Gasteiger charge is 2.22. The van der Waals surface area contributed by atoms with E-state index in [0.717, 1.165) is 12.3 Å². The minimum atomic E-state index is 0.167. The van der Waals surface area contributed by atoms with Crippen LogP contribution < -0.4 is 10.1 Å². The molecule has 4 heteroatoms. The van der Waals surface area contributed by atoms with Crippen molar-refractivity contribution < 1.29 is 4.74 Å². The van der Waals surface area contributed by atoms with Gasteiger partial charge in [-0.25, -0.2) is 0 Å². The highest BCUT2D eigenvalue weighted by molar-refractivity contribution is 9.11. The lowest BCUT2D eigenvalue weighted by Gasteiger charge is -2.22. The molecular weight excluding hydrogens is 346 g/mol. The van der Waals surface area contributed by atoms with Crippen LogP contribution in [0.5, 0.6) is 5.75 Å². The second-order valence-electron chi connectivity index (χ2n) is 5.29. The van der Waals surface area contributed by atoms with Crippen LogP contribution in [0.1, 0.15) is 40.1 Å². The van der Waals surface area contributed by atoms with Gasteiger partial charge in [-0.2, -0.15) is 0 Å². The molecule has 114 valence electrons. The average molecular weight is 368 g/mol. The van der Waals surface area contributed by atoms with E-state index < -0.39 is 0 Å². The molecule has 0 aliphatic heterocycles. The third kappa shape index (κ3) is 3.50. The summed E-state index contributed by atoms with van der Waals surface area (Å²) in [6.07, 6.45) is 0. The van der Waals surface area contributed by atoms with Crippen LogP contribution in [0.15, 0.2) is 22.0 Å². The van der Waals surface area contributed by atoms with Gasteiger partial charge in [-0.1, -0.05) is 13.0 Å². The molecule has 0 saturated carbocycles. The Balaban J connectivity index is 2.57. The summed E-state index contributed by atoms with van der Waals surface area (Å²) in [6.45, 7) is 9.44. The van der Waals surface area contributed by atoms with Crippen molar-refractivity contribution in [1.82, 2.24) is 5.32 Å². The molecule has 2 nitrogen and oxygen atoms in total. The van der Waals surface area contributed by atoms with E-state index in [1.165, 1.54) is 30.9 Å². The Morgan fingerprint density at radius 2 is 1.90 bits per heavy atom. The second kappa shape index (κ2) is 6.95. The minimum absolute atomic E-state index is 0.167. The SMILES string of the molecule is CCNC(c1cc(C)c(Br)s1)c1c(C)cc(C)cc1OC. The Morgan fingerprint density at radius 3 is 2.43 bits per heavy atom. The zero-order valence-electron chi connectivity index (χ0n) is 13.2. The standard InChI is InChI=1S/C17H22BrNOS/c1-6-19-16(14-9-12(4)17(18)21-14)15-11(3)7-10(2)8-13(15)20-5/h7-9,16,19H,6H2,1-5H3. The molecule has 0 fully saturated rings. The molecule has 1 aromatic heterocycles. The first-order valence-corrected chi connectivity index (χ1v) is 8.73. The van der Waals surface area contributed by atoms with Crippen LogP contribution in [0.25, 0.3) is 0 Å². The summed E-state index contributed by atoms with van der Waals surface area (Å²) in [4.78, 5) is 1.31. The van der Waals surface area contributed by atoms with Crippen molar-refractivity contribution in [2.24, 2.45) is 0 Å². The quantitative estimate of drug-likeness (QED) is 0.789. The van der Waals surface area contributed by atoms with Gasteiger partial charge < -0.3 is 10.1 Å². The molecule has 2 rings (SSSR count). The van der Waals surface area contributed by atoms with Crippen LogP contribution in [0.3, 0.4) is 0 Å². The zero-order valence-corrected chi connectivity index (χ0v) is 15.6. The molecule has 1 N–H and O–H groups in total. The van der Waals surface area contributed by atoms with Crippen molar-refractivity contribution in [3.8, 4) is 5.75 Å². The third-order valence-electron chi connectivity index (χ3n) is 3.57. The molecule has 0 amide bonds. The van der Waals surface area contributed by atoms with Crippen LogP contribution in [0.4, 0.5) is 0 Å². The highest BCUT2D eigenvalue weighted by Crippen LogP contribution is 2.39. The van der Waals surface area contributed by atoms with E-state index in [0.29, 0.717) is 0 Å². The van der Waals surface area contributed by atoms with Gasteiger partial charge in [0.05, 0.1) is 16.9 Å². The highest BCUT2D eigenvalue weighted by atomic mass is 79.9. The maximum Gasteiger partial charge on any atom is 0.124 e. The summed E-state index contributed by atoms with van der Waals surface area (Å²) in [5, 5.41) is 3.60. The Kier molecular flexibility index (Phi) is 5.47. The van der Waals surface area contributed by atoms with E-state index >= 15 is 0 Å². The lowest BCUT2D eigenvalue weighted by atomic mass is 9.96. The Labute approximate surface area is 139 Å². The van der Waals surface area contributed by atoms with Gasteiger partial charge in [0, 0.05) is 10.4 Å². The fourth-order valence-electron chi connectivity index (χ4n) is 2.65. The van der Waals surface area contributed by atoms with E-state index in [4.69, 9.17) is 4.74 Å². The number of benzene rings is 1. The fourth-order valence-corrected chi connectivity index (χ4v) is 4.31. The third-order valence-corrected chi connectivity index (χ3v) is 5.77. The summed E-state index contributed by atoms with van der Waals surface area (Å²) in [6, 6.07) is 6.75. The van der Waals surface area contributed by atoms with Crippen molar-refractivity contribution >= 4 is 27.3 Å². The van der Waals surface area contributed by atoms with E-state index in [-0.39, 0.29) is 6.04 Å². The first-order chi connectivity index (χ1) is 9.97. The van der Waals surface area contributed by atoms with E-state index in [1.54, 1.807) is 18.4 Å². The fraction of sp³-hybridized carbons (Fsp3) is 0.412. The summed E-state index contributed by atoms with van der Waals surface area (Å²) < 4.78 is 6.84. The zero-order chi connectivity index (χ0) is 15.6. The van der Waals surface area contributed by atoms with Crippen molar-refractivity contribution in [2.75, 3.05) is 13.7 Å². The van der Waals surface area contributed by atoms with Crippen LogP contribution in [0.2, 0.25) is 0 Å². The van der Waals surface area contributed by atoms with Gasteiger partial charge in [0.25, 0.3) is 0 Å². The average Bonchev–Trinajstić information content (AvgIpc) is 2.76. The molecule has 1 aromatic carbocycles. The maximum atomic E-state index is 5.65. The smallest absolute Gasteiger partial charge is 0.124 e. The molecule has 2 aromatic rings. The lowest BCUT2D eigenvalue weighted by Crippen LogP contribution is -2.22. The molecular formula is C17H22BrNOS. The molecule has 1 unspecified atom stereocenters. The van der Waals surface area contributed by atoms with Gasteiger partial charge in [0.15, 0.2) is 0 Å². The van der Waals surface area contributed by atoms with Crippen LogP contribution in [-0.4, -0.2) is 13.7 Å². The van der Waals surface area contributed by atoms with Crippen LogP contribution in [-0.2, 0) is 0 Å². The predicted octanol–water partition coefficient (Wildman–Crippen LogP) is 5.14. The van der Waals surface area contributed by atoms with E-state index in [1.807, 2.05) is 0 Å². The van der Waals surface area contributed by atoms with Crippen molar-refractivity contribution in [1.29, 1.82) is 0 Å². The lowest BCUT2D eigenvalue weighted by molar-refractivity contribution is 0.403. The van der Waals surface area contributed by atoms with E-state index in [2.05, 4.69) is 67.1 Å². The van der Waals surface area contributed by atoms with Gasteiger partial charge in [-0.05, 0) is 72.1 Å². The number of halogens is 1. The number of ether oxygens (including phenoxy) is 1. The summed E-state index contributed by atoms with van der Waals surface area (Å²) in [5.74, 6) is 0.959. The van der Waals surface area contributed by atoms with Gasteiger partial charge in [-0.3, -0.25) is 0 Å². The molecule has 0 bridgehead atoms. The van der Waals surface area contributed by atoms with Gasteiger partial charge >= 0.3 is 0 Å². The van der Waals surface area contributed by atoms with Gasteiger partial charge in [-0.15, -0.1) is 11.3 Å². The number of hydrogen-bond donors (Lipinski definition) is 1. The topological polar surface area (TPSA) is 21.3 Å². The van der Waals surface area contributed by atoms with Gasteiger partial charge in [0.1, 0.15) is 5.75 Å². The minimum Gasteiger partial charge on any atom is -0.496 e. The van der Waals surface area contributed by atoms with Crippen molar-refractivity contribution in [2.45, 2.75) is 33.7 Å². The van der Waals surface area contributed by atoms with Gasteiger partial charge in [0.2, 0.25) is 0 Å². The normalized spacial score (nSPS) is 12.5. The first kappa shape index (κ1) is 16.5. The van der Waals surface area contributed by atoms with Crippen molar-refractivity contribution in [3.63, 3.8) is 0 Å². The molecule has 0 aliphatic rings. The summed E-state index contributed by atoms with van der Waals surface area (Å²) in [5.41, 5.74) is 5.01. The monoisotopic (exact) mass is 367 g/mol. The molecule has 21 heavy (non-hydrogen) atoms. The molecule has 0 radical (unpaired) electrons. The molecule has 0 spiro atoms. The number of thiophene rings is 1. The molecule has 1 atom stereocenters. The number of hydrogen-bond acceptors (Lipinski definition) is 3. The summed E-state index contributed by atoms with van der Waals surface area (Å²) in [7, 11) is 1.75.